The van der Waals surface area contributed by atoms with Crippen LogP contribution in [0.25, 0.3) is 0 Å². The van der Waals surface area contributed by atoms with Gasteiger partial charge in [-0.2, -0.15) is 0 Å². The highest BCUT2D eigenvalue weighted by Crippen LogP contribution is 2.24. The van der Waals surface area contributed by atoms with Crippen molar-refractivity contribution in [3.05, 3.63) is 12.2 Å². The molecular formula is C16H30O3. The normalized spacial score (nSPS) is 14.5. The van der Waals surface area contributed by atoms with Gasteiger partial charge in [0.05, 0.1) is 18.8 Å². The van der Waals surface area contributed by atoms with Crippen molar-refractivity contribution in [2.24, 2.45) is 0 Å². The van der Waals surface area contributed by atoms with Gasteiger partial charge in [-0.3, -0.25) is 0 Å². The lowest BCUT2D eigenvalue weighted by molar-refractivity contribution is -0.137. The van der Waals surface area contributed by atoms with Crippen LogP contribution >= 0.6 is 0 Å². The lowest BCUT2D eigenvalue weighted by Gasteiger charge is -2.29. The van der Waals surface area contributed by atoms with E-state index >= 15 is 0 Å². The third kappa shape index (κ3) is 9.71. The molecule has 0 bridgehead atoms. The topological polar surface area (TPSA) is 35.5 Å². The van der Waals surface area contributed by atoms with Gasteiger partial charge in [0, 0.05) is 6.08 Å². The van der Waals surface area contributed by atoms with Gasteiger partial charge in [0.15, 0.2) is 0 Å². The average molecular weight is 270 g/mol. The lowest BCUT2D eigenvalue weighted by atomic mass is 9.93. The van der Waals surface area contributed by atoms with Crippen LogP contribution in [0.5, 0.6) is 0 Å². The Labute approximate surface area is 118 Å². The first-order chi connectivity index (χ1) is 9.08. The van der Waals surface area contributed by atoms with Gasteiger partial charge < -0.3 is 9.47 Å². The SMILES string of the molecule is CCCCCC(C)(CCC)OC/C=C/C(=O)OCC. The third-order valence-corrected chi connectivity index (χ3v) is 3.16. The van der Waals surface area contributed by atoms with E-state index in [9.17, 15) is 4.79 Å². The molecular weight excluding hydrogens is 240 g/mol. The molecule has 3 heteroatoms. The maximum atomic E-state index is 11.1. The summed E-state index contributed by atoms with van der Waals surface area (Å²) in [6.45, 7) is 9.24. The van der Waals surface area contributed by atoms with Crippen molar-refractivity contribution in [3.63, 3.8) is 0 Å². The van der Waals surface area contributed by atoms with Gasteiger partial charge in [-0.1, -0.05) is 45.6 Å². The lowest BCUT2D eigenvalue weighted by Crippen LogP contribution is -2.28. The fraction of sp³-hybridized carbons (Fsp3) is 0.812. The van der Waals surface area contributed by atoms with Gasteiger partial charge in [-0.05, 0) is 26.7 Å². The van der Waals surface area contributed by atoms with Gasteiger partial charge in [0.25, 0.3) is 0 Å². The first kappa shape index (κ1) is 18.2. The van der Waals surface area contributed by atoms with Crippen molar-refractivity contribution in [2.45, 2.75) is 71.8 Å². The van der Waals surface area contributed by atoms with Crippen molar-refractivity contribution in [2.75, 3.05) is 13.2 Å². The van der Waals surface area contributed by atoms with Crippen molar-refractivity contribution < 1.29 is 14.3 Å². The molecule has 0 amide bonds. The van der Waals surface area contributed by atoms with Gasteiger partial charge in [0.1, 0.15) is 0 Å². The second kappa shape index (κ2) is 11.0. The zero-order chi connectivity index (χ0) is 14.6. The number of ether oxygens (including phenoxy) is 2. The molecule has 3 nitrogen and oxygen atoms in total. The zero-order valence-electron chi connectivity index (χ0n) is 13.0. The minimum Gasteiger partial charge on any atom is -0.463 e. The molecule has 0 radical (unpaired) electrons. The summed E-state index contributed by atoms with van der Waals surface area (Å²) in [5, 5.41) is 0. The van der Waals surface area contributed by atoms with Crippen LogP contribution in [0.3, 0.4) is 0 Å². The fourth-order valence-electron chi connectivity index (χ4n) is 2.13. The molecule has 0 saturated carbocycles. The van der Waals surface area contributed by atoms with Crippen LogP contribution in [-0.2, 0) is 14.3 Å². The Kier molecular flexibility index (Phi) is 10.6. The minimum atomic E-state index is -0.297. The number of esters is 1. The van der Waals surface area contributed by atoms with E-state index in [1.54, 1.807) is 13.0 Å². The molecule has 0 aromatic rings. The van der Waals surface area contributed by atoms with E-state index in [1.165, 1.54) is 25.3 Å². The first-order valence-electron chi connectivity index (χ1n) is 7.55. The van der Waals surface area contributed by atoms with Crippen molar-refractivity contribution in [1.82, 2.24) is 0 Å². The van der Waals surface area contributed by atoms with Crippen molar-refractivity contribution in [1.29, 1.82) is 0 Å². The number of unbranched alkanes of at least 4 members (excludes halogenated alkanes) is 2. The molecule has 0 aliphatic carbocycles. The number of hydrogen-bond acceptors (Lipinski definition) is 3. The maximum absolute atomic E-state index is 11.1. The summed E-state index contributed by atoms with van der Waals surface area (Å²) < 4.78 is 10.8. The van der Waals surface area contributed by atoms with E-state index in [0.29, 0.717) is 13.2 Å². The van der Waals surface area contributed by atoms with Crippen LogP contribution in [-0.4, -0.2) is 24.8 Å². The molecule has 0 aromatic carbocycles. The Morgan fingerprint density at radius 2 is 1.84 bits per heavy atom. The summed E-state index contributed by atoms with van der Waals surface area (Å²) in [5.74, 6) is -0.297. The molecule has 0 rings (SSSR count). The summed E-state index contributed by atoms with van der Waals surface area (Å²) >= 11 is 0. The molecule has 0 aliphatic heterocycles. The standard InChI is InChI=1S/C16H30O3/c1-5-8-9-13-16(4,12-6-2)19-14-10-11-15(17)18-7-3/h10-11H,5-9,12-14H2,1-4H3/b11-10+. The van der Waals surface area contributed by atoms with Crippen LogP contribution in [0.2, 0.25) is 0 Å². The Balaban J connectivity index is 4.08. The summed E-state index contributed by atoms with van der Waals surface area (Å²) in [6.07, 6.45) is 10.1. The molecule has 0 N–H and O–H groups in total. The Hall–Kier alpha value is -0.830. The smallest absolute Gasteiger partial charge is 0.330 e. The quantitative estimate of drug-likeness (QED) is 0.320. The summed E-state index contributed by atoms with van der Waals surface area (Å²) in [7, 11) is 0. The van der Waals surface area contributed by atoms with Gasteiger partial charge in [0.2, 0.25) is 0 Å². The Morgan fingerprint density at radius 1 is 1.11 bits per heavy atom. The Morgan fingerprint density at radius 3 is 2.42 bits per heavy atom. The summed E-state index contributed by atoms with van der Waals surface area (Å²) in [5.41, 5.74) is -0.0665. The van der Waals surface area contributed by atoms with E-state index in [1.807, 2.05) is 0 Å². The highest BCUT2D eigenvalue weighted by molar-refractivity contribution is 5.81. The second-order valence-electron chi connectivity index (χ2n) is 5.12. The Bertz CT molecular complexity index is 261. The molecule has 0 saturated heterocycles. The summed E-state index contributed by atoms with van der Waals surface area (Å²) in [6, 6.07) is 0. The molecule has 19 heavy (non-hydrogen) atoms. The monoisotopic (exact) mass is 270 g/mol. The van der Waals surface area contributed by atoms with E-state index < -0.39 is 0 Å². The number of hydrogen-bond donors (Lipinski definition) is 0. The molecule has 0 spiro atoms. The first-order valence-corrected chi connectivity index (χ1v) is 7.55. The van der Waals surface area contributed by atoms with Crippen LogP contribution in [0.1, 0.15) is 66.2 Å². The second-order valence-corrected chi connectivity index (χ2v) is 5.12. The highest BCUT2D eigenvalue weighted by atomic mass is 16.5. The fourth-order valence-corrected chi connectivity index (χ4v) is 2.13. The van der Waals surface area contributed by atoms with Crippen LogP contribution in [0.4, 0.5) is 0 Å². The van der Waals surface area contributed by atoms with E-state index in [2.05, 4.69) is 20.8 Å². The molecule has 1 atom stereocenters. The minimum absolute atomic E-state index is 0.0665. The average Bonchev–Trinajstić information content (AvgIpc) is 2.36. The van der Waals surface area contributed by atoms with E-state index in [4.69, 9.17) is 9.47 Å². The van der Waals surface area contributed by atoms with Gasteiger partial charge >= 0.3 is 5.97 Å². The van der Waals surface area contributed by atoms with Crippen LogP contribution in [0, 0.1) is 0 Å². The molecule has 0 heterocycles. The third-order valence-electron chi connectivity index (χ3n) is 3.16. The van der Waals surface area contributed by atoms with Gasteiger partial charge in [-0.25, -0.2) is 4.79 Å². The predicted molar refractivity (Wildman–Crippen MR) is 79.2 cm³/mol. The number of carbonyl (C=O) groups excluding carboxylic acids is 1. The highest BCUT2D eigenvalue weighted by Gasteiger charge is 2.22. The maximum Gasteiger partial charge on any atom is 0.330 e. The van der Waals surface area contributed by atoms with Gasteiger partial charge in [-0.15, -0.1) is 0 Å². The van der Waals surface area contributed by atoms with E-state index in [0.717, 1.165) is 19.3 Å². The van der Waals surface area contributed by atoms with E-state index in [-0.39, 0.29) is 11.6 Å². The van der Waals surface area contributed by atoms with Crippen LogP contribution in [0.15, 0.2) is 12.2 Å². The molecule has 0 fully saturated rings. The molecule has 0 aliphatic rings. The van der Waals surface area contributed by atoms with Crippen molar-refractivity contribution in [3.8, 4) is 0 Å². The summed E-state index contributed by atoms with van der Waals surface area (Å²) in [4.78, 5) is 11.1. The molecule has 0 aromatic heterocycles. The zero-order valence-corrected chi connectivity index (χ0v) is 13.0. The molecule has 1 unspecified atom stereocenters. The molecule has 112 valence electrons. The largest absolute Gasteiger partial charge is 0.463 e. The number of rotatable bonds is 11. The van der Waals surface area contributed by atoms with Crippen LogP contribution < -0.4 is 0 Å². The predicted octanol–water partition coefficient (Wildman–Crippen LogP) is 4.26. The number of carbonyl (C=O) groups is 1. The van der Waals surface area contributed by atoms with Crippen molar-refractivity contribution >= 4 is 5.97 Å².